The topological polar surface area (TPSA) is 104 Å². The Morgan fingerprint density at radius 1 is 1.03 bits per heavy atom. The van der Waals surface area contributed by atoms with Crippen molar-refractivity contribution in [2.45, 2.75) is 32.5 Å². The number of methoxy groups -OCH3 is 1. The molecule has 0 fully saturated rings. The highest BCUT2D eigenvalue weighted by Crippen LogP contribution is 2.32. The van der Waals surface area contributed by atoms with Gasteiger partial charge in [0.25, 0.3) is 0 Å². The van der Waals surface area contributed by atoms with Crippen molar-refractivity contribution in [1.82, 2.24) is 9.47 Å². The Kier molecular flexibility index (Phi) is 9.14. The van der Waals surface area contributed by atoms with E-state index in [4.69, 9.17) is 32.7 Å². The summed E-state index contributed by atoms with van der Waals surface area (Å²) in [7, 11) is 1.52. The largest absolute Gasteiger partial charge is 0.494 e. The molecule has 0 amide bonds. The molecule has 10 heteroatoms. The molecule has 3 aromatic rings. The monoisotopic (exact) mass is 522 g/mol. The van der Waals surface area contributed by atoms with Gasteiger partial charge in [-0.25, -0.2) is 0 Å². The van der Waals surface area contributed by atoms with Crippen LogP contribution in [-0.4, -0.2) is 51.0 Å². The van der Waals surface area contributed by atoms with Gasteiger partial charge in [-0.3, -0.25) is 14.3 Å². The minimum atomic E-state index is -0.986. The van der Waals surface area contributed by atoms with Gasteiger partial charge >= 0.3 is 5.97 Å². The summed E-state index contributed by atoms with van der Waals surface area (Å²) in [6.45, 7) is 3.31. The molecule has 1 atom stereocenters. The summed E-state index contributed by atoms with van der Waals surface area (Å²) < 4.78 is 12.6. The van der Waals surface area contributed by atoms with E-state index in [1.165, 1.54) is 23.8 Å². The van der Waals surface area contributed by atoms with Gasteiger partial charge in [-0.1, -0.05) is 42.3 Å². The standard InChI is InChI=1S/C25H28Cl2N2O6/c1-3-10-28(24(25(32)33)17-5-6-18(26)19(27)14-17)15-16-4-7-20(21(13-16)34-2)35-12-11-29-22(30)8-9-23(29)31/h4-9,13-14,24,30-31H,3,10-12,15H2,1-2H3,(H,32,33)/t24-/m0/s1. The molecule has 35 heavy (non-hydrogen) atoms. The Hall–Kier alpha value is -3.07. The molecule has 8 nitrogen and oxygen atoms in total. The number of nitrogens with zero attached hydrogens (tertiary/aromatic N) is 2. The Morgan fingerprint density at radius 3 is 2.34 bits per heavy atom. The van der Waals surface area contributed by atoms with E-state index in [9.17, 15) is 20.1 Å². The molecule has 0 unspecified atom stereocenters. The van der Waals surface area contributed by atoms with E-state index >= 15 is 0 Å². The van der Waals surface area contributed by atoms with E-state index in [0.29, 0.717) is 40.2 Å². The van der Waals surface area contributed by atoms with E-state index in [1.54, 1.807) is 30.3 Å². The first kappa shape index (κ1) is 26.5. The number of aromatic hydroxyl groups is 2. The summed E-state index contributed by atoms with van der Waals surface area (Å²) in [6, 6.07) is 12.1. The molecule has 0 aliphatic rings. The third-order valence-corrected chi connectivity index (χ3v) is 6.23. The Bertz CT molecular complexity index is 1150. The average molecular weight is 523 g/mol. The van der Waals surface area contributed by atoms with E-state index in [-0.39, 0.29) is 24.9 Å². The van der Waals surface area contributed by atoms with Crippen LogP contribution in [0.5, 0.6) is 23.3 Å². The number of aliphatic carboxylic acids is 1. The van der Waals surface area contributed by atoms with Gasteiger partial charge in [0.15, 0.2) is 23.3 Å². The van der Waals surface area contributed by atoms with Crippen LogP contribution in [0.3, 0.4) is 0 Å². The maximum atomic E-state index is 12.2. The van der Waals surface area contributed by atoms with Crippen molar-refractivity contribution in [2.75, 3.05) is 20.3 Å². The summed E-state index contributed by atoms with van der Waals surface area (Å²) in [5, 5.41) is 30.2. The molecular formula is C25H28Cl2N2O6. The fourth-order valence-corrected chi connectivity index (χ4v) is 4.17. The number of halogens is 2. The number of rotatable bonds is 12. The van der Waals surface area contributed by atoms with E-state index in [2.05, 4.69) is 0 Å². The number of aromatic nitrogens is 1. The molecule has 1 aromatic heterocycles. The molecule has 0 aliphatic carbocycles. The second-order valence-corrected chi connectivity index (χ2v) is 8.73. The molecule has 0 radical (unpaired) electrons. The van der Waals surface area contributed by atoms with Crippen LogP contribution in [0.4, 0.5) is 0 Å². The number of carbonyl (C=O) groups is 1. The van der Waals surface area contributed by atoms with Crippen LogP contribution >= 0.6 is 23.2 Å². The van der Waals surface area contributed by atoms with Crippen LogP contribution in [0.1, 0.15) is 30.5 Å². The number of carboxylic acid groups (broad SMARTS) is 1. The zero-order valence-corrected chi connectivity index (χ0v) is 21.0. The van der Waals surface area contributed by atoms with Crippen LogP contribution < -0.4 is 9.47 Å². The van der Waals surface area contributed by atoms with Crippen molar-refractivity contribution in [3.05, 3.63) is 69.7 Å². The third kappa shape index (κ3) is 6.54. The first-order valence-corrected chi connectivity index (χ1v) is 11.8. The zero-order valence-electron chi connectivity index (χ0n) is 19.4. The Labute approximate surface area is 213 Å². The minimum Gasteiger partial charge on any atom is -0.494 e. The van der Waals surface area contributed by atoms with Crippen LogP contribution in [0.15, 0.2) is 48.5 Å². The summed E-state index contributed by atoms with van der Waals surface area (Å²) in [6.07, 6.45) is 0.752. The summed E-state index contributed by atoms with van der Waals surface area (Å²) >= 11 is 12.2. The van der Waals surface area contributed by atoms with Crippen molar-refractivity contribution in [3.8, 4) is 23.3 Å². The normalized spacial score (nSPS) is 12.0. The number of hydrogen-bond donors (Lipinski definition) is 3. The SMILES string of the molecule is CCCN(Cc1ccc(OCCn2c(O)ccc2O)c(OC)c1)[C@H](C(=O)O)c1ccc(Cl)c(Cl)c1. The molecule has 3 N–H and O–H groups in total. The lowest BCUT2D eigenvalue weighted by Crippen LogP contribution is -2.34. The number of benzene rings is 2. The van der Waals surface area contributed by atoms with E-state index in [1.807, 2.05) is 17.9 Å². The summed E-state index contributed by atoms with van der Waals surface area (Å²) in [5.41, 5.74) is 1.39. The summed E-state index contributed by atoms with van der Waals surface area (Å²) in [5.74, 6) is -0.121. The van der Waals surface area contributed by atoms with Crippen LogP contribution in [0.25, 0.3) is 0 Å². The van der Waals surface area contributed by atoms with Crippen molar-refractivity contribution < 1.29 is 29.6 Å². The van der Waals surface area contributed by atoms with Crippen LogP contribution in [-0.2, 0) is 17.9 Å². The molecule has 3 rings (SSSR count). The van der Waals surface area contributed by atoms with Gasteiger partial charge in [0.05, 0.1) is 23.7 Å². The molecule has 0 aliphatic heterocycles. The molecular weight excluding hydrogens is 495 g/mol. The molecule has 0 saturated heterocycles. The first-order valence-electron chi connectivity index (χ1n) is 11.0. The first-order chi connectivity index (χ1) is 16.7. The molecule has 0 bridgehead atoms. The van der Waals surface area contributed by atoms with Gasteiger partial charge < -0.3 is 24.8 Å². The lowest BCUT2D eigenvalue weighted by atomic mass is 10.0. The number of hydrogen-bond acceptors (Lipinski definition) is 6. The Balaban J connectivity index is 1.77. The maximum absolute atomic E-state index is 12.2. The van der Waals surface area contributed by atoms with E-state index in [0.717, 1.165) is 12.0 Å². The second-order valence-electron chi connectivity index (χ2n) is 7.92. The highest BCUT2D eigenvalue weighted by Gasteiger charge is 2.28. The van der Waals surface area contributed by atoms with Gasteiger partial charge in [-0.15, -0.1) is 0 Å². The molecule has 188 valence electrons. The van der Waals surface area contributed by atoms with E-state index < -0.39 is 12.0 Å². The smallest absolute Gasteiger partial charge is 0.325 e. The van der Waals surface area contributed by atoms with Crippen LogP contribution in [0.2, 0.25) is 10.0 Å². The van der Waals surface area contributed by atoms with Gasteiger partial charge in [-0.05, 0) is 48.4 Å². The maximum Gasteiger partial charge on any atom is 0.325 e. The van der Waals surface area contributed by atoms with Crippen molar-refractivity contribution in [2.24, 2.45) is 0 Å². The lowest BCUT2D eigenvalue weighted by Gasteiger charge is -2.29. The second kappa shape index (κ2) is 12.1. The quantitative estimate of drug-likeness (QED) is 0.295. The van der Waals surface area contributed by atoms with Gasteiger partial charge in [0.1, 0.15) is 12.6 Å². The number of ether oxygens (including phenoxy) is 2. The lowest BCUT2D eigenvalue weighted by molar-refractivity contribution is -0.143. The highest BCUT2D eigenvalue weighted by atomic mass is 35.5. The molecule has 2 aromatic carbocycles. The van der Waals surface area contributed by atoms with Gasteiger partial charge in [-0.2, -0.15) is 0 Å². The minimum absolute atomic E-state index is 0.0561. The zero-order chi connectivity index (χ0) is 25.5. The third-order valence-electron chi connectivity index (χ3n) is 5.49. The van der Waals surface area contributed by atoms with Crippen molar-refractivity contribution in [1.29, 1.82) is 0 Å². The predicted octanol–water partition coefficient (Wildman–Crippen LogP) is 5.33. The van der Waals surface area contributed by atoms with Crippen molar-refractivity contribution >= 4 is 29.2 Å². The number of carboxylic acids is 1. The summed E-state index contributed by atoms with van der Waals surface area (Å²) in [4.78, 5) is 14.1. The van der Waals surface area contributed by atoms with Gasteiger partial charge in [0.2, 0.25) is 0 Å². The van der Waals surface area contributed by atoms with Gasteiger partial charge in [0, 0.05) is 18.7 Å². The molecule has 0 spiro atoms. The highest BCUT2D eigenvalue weighted by molar-refractivity contribution is 6.42. The molecule has 1 heterocycles. The molecule has 0 saturated carbocycles. The Morgan fingerprint density at radius 2 is 1.74 bits per heavy atom. The average Bonchev–Trinajstić information content (AvgIpc) is 3.14. The fourth-order valence-electron chi connectivity index (χ4n) is 3.87. The van der Waals surface area contributed by atoms with Crippen LogP contribution in [0, 0.1) is 0 Å². The fraction of sp³-hybridized carbons (Fsp3) is 0.320. The van der Waals surface area contributed by atoms with Crippen molar-refractivity contribution in [3.63, 3.8) is 0 Å². The predicted molar refractivity (Wildman–Crippen MR) is 134 cm³/mol.